The van der Waals surface area contributed by atoms with Crippen LogP contribution in [0.5, 0.6) is 5.75 Å². The van der Waals surface area contributed by atoms with Gasteiger partial charge in [-0.15, -0.1) is 0 Å². The molecule has 4 heteroatoms. The fourth-order valence-corrected chi connectivity index (χ4v) is 2.86. The topological polar surface area (TPSA) is 46.6 Å². The van der Waals surface area contributed by atoms with Gasteiger partial charge in [-0.2, -0.15) is 0 Å². The lowest BCUT2D eigenvalue weighted by Gasteiger charge is -2.31. The number of benzene rings is 1. The standard InChI is InChI=1S/C18H25NO3/c1-4-17(20)19-11-7-8-14(12-19)18(21)22-16-10-6-5-9-15(16)13(2)3/h5-6,9-10,13-14H,4,7-8,11-12H2,1-3H3. The summed E-state index contributed by atoms with van der Waals surface area (Å²) < 4.78 is 5.63. The quantitative estimate of drug-likeness (QED) is 0.633. The highest BCUT2D eigenvalue weighted by Crippen LogP contribution is 2.27. The molecule has 0 aromatic heterocycles. The first-order valence-electron chi connectivity index (χ1n) is 8.11. The zero-order valence-corrected chi connectivity index (χ0v) is 13.7. The zero-order chi connectivity index (χ0) is 16.1. The third-order valence-corrected chi connectivity index (χ3v) is 4.16. The minimum atomic E-state index is -0.221. The fraction of sp³-hybridized carbons (Fsp3) is 0.556. The molecule has 0 radical (unpaired) electrons. The third kappa shape index (κ3) is 3.87. The molecule has 4 nitrogen and oxygen atoms in total. The fourth-order valence-electron chi connectivity index (χ4n) is 2.86. The maximum atomic E-state index is 12.4. The number of carbonyl (C=O) groups excluding carboxylic acids is 2. The number of piperidine rings is 1. The van der Waals surface area contributed by atoms with E-state index >= 15 is 0 Å². The van der Waals surface area contributed by atoms with Crippen molar-refractivity contribution in [3.63, 3.8) is 0 Å². The second-order valence-electron chi connectivity index (χ2n) is 6.15. The number of nitrogens with zero attached hydrogens (tertiary/aromatic N) is 1. The number of likely N-dealkylation sites (tertiary alicyclic amines) is 1. The van der Waals surface area contributed by atoms with E-state index in [0.717, 1.165) is 24.9 Å². The highest BCUT2D eigenvalue weighted by molar-refractivity contribution is 5.79. The van der Waals surface area contributed by atoms with Crippen molar-refractivity contribution >= 4 is 11.9 Å². The van der Waals surface area contributed by atoms with Crippen LogP contribution in [0.4, 0.5) is 0 Å². The van der Waals surface area contributed by atoms with E-state index < -0.39 is 0 Å². The lowest BCUT2D eigenvalue weighted by molar-refractivity contribution is -0.143. The van der Waals surface area contributed by atoms with Crippen LogP contribution in [-0.2, 0) is 9.59 Å². The van der Waals surface area contributed by atoms with E-state index in [4.69, 9.17) is 4.74 Å². The largest absolute Gasteiger partial charge is 0.426 e. The highest BCUT2D eigenvalue weighted by atomic mass is 16.5. The van der Waals surface area contributed by atoms with Gasteiger partial charge in [0, 0.05) is 19.5 Å². The molecule has 1 amide bonds. The molecule has 1 aromatic carbocycles. The number of amides is 1. The Bertz CT molecular complexity index is 539. The van der Waals surface area contributed by atoms with E-state index in [0.29, 0.717) is 24.6 Å². The molecule has 0 bridgehead atoms. The molecule has 2 rings (SSSR count). The Balaban J connectivity index is 2.05. The van der Waals surface area contributed by atoms with E-state index in [2.05, 4.69) is 13.8 Å². The summed E-state index contributed by atoms with van der Waals surface area (Å²) in [5.74, 6) is 0.612. The number of hydrogen-bond acceptors (Lipinski definition) is 3. The van der Waals surface area contributed by atoms with Crippen LogP contribution in [0.1, 0.15) is 51.5 Å². The Morgan fingerprint density at radius 2 is 2.05 bits per heavy atom. The number of esters is 1. The predicted molar refractivity (Wildman–Crippen MR) is 85.8 cm³/mol. The van der Waals surface area contributed by atoms with Gasteiger partial charge >= 0.3 is 5.97 Å². The highest BCUT2D eigenvalue weighted by Gasteiger charge is 2.29. The summed E-state index contributed by atoms with van der Waals surface area (Å²) >= 11 is 0. The lowest BCUT2D eigenvalue weighted by Crippen LogP contribution is -2.43. The Hall–Kier alpha value is -1.84. The monoisotopic (exact) mass is 303 g/mol. The van der Waals surface area contributed by atoms with Gasteiger partial charge in [0.05, 0.1) is 5.92 Å². The van der Waals surface area contributed by atoms with Gasteiger partial charge in [-0.25, -0.2) is 0 Å². The van der Waals surface area contributed by atoms with Gasteiger partial charge in [0.2, 0.25) is 5.91 Å². The molecule has 1 heterocycles. The van der Waals surface area contributed by atoms with Crippen molar-refractivity contribution in [2.75, 3.05) is 13.1 Å². The molecular formula is C18H25NO3. The average Bonchev–Trinajstić information content (AvgIpc) is 2.54. The average molecular weight is 303 g/mol. The molecule has 0 N–H and O–H groups in total. The summed E-state index contributed by atoms with van der Waals surface area (Å²) in [5.41, 5.74) is 1.04. The number of carbonyl (C=O) groups is 2. The van der Waals surface area contributed by atoms with E-state index in [1.54, 1.807) is 4.90 Å². The van der Waals surface area contributed by atoms with Crippen molar-refractivity contribution in [2.24, 2.45) is 5.92 Å². The van der Waals surface area contributed by atoms with Crippen molar-refractivity contribution < 1.29 is 14.3 Å². The van der Waals surface area contributed by atoms with Crippen LogP contribution in [0.25, 0.3) is 0 Å². The van der Waals surface area contributed by atoms with Gasteiger partial charge in [0.25, 0.3) is 0 Å². The number of rotatable bonds is 4. The molecule has 0 saturated carbocycles. The molecule has 0 aliphatic carbocycles. The third-order valence-electron chi connectivity index (χ3n) is 4.16. The maximum Gasteiger partial charge on any atom is 0.316 e. The Labute approximate surface area is 132 Å². The molecule has 0 spiro atoms. The smallest absolute Gasteiger partial charge is 0.316 e. The zero-order valence-electron chi connectivity index (χ0n) is 13.7. The van der Waals surface area contributed by atoms with Crippen molar-refractivity contribution in [1.29, 1.82) is 0 Å². The van der Waals surface area contributed by atoms with Crippen LogP contribution in [0.3, 0.4) is 0 Å². The molecule has 1 fully saturated rings. The predicted octanol–water partition coefficient (Wildman–Crippen LogP) is 3.36. The van der Waals surface area contributed by atoms with Crippen molar-refractivity contribution in [1.82, 2.24) is 4.90 Å². The number of para-hydroxylation sites is 1. The first kappa shape index (κ1) is 16.5. The molecule has 1 aliphatic heterocycles. The molecular weight excluding hydrogens is 278 g/mol. The molecule has 1 atom stereocenters. The van der Waals surface area contributed by atoms with Crippen LogP contribution in [0, 0.1) is 5.92 Å². The Morgan fingerprint density at radius 1 is 1.32 bits per heavy atom. The van der Waals surface area contributed by atoms with Crippen LogP contribution < -0.4 is 4.74 Å². The van der Waals surface area contributed by atoms with Crippen LogP contribution in [0.15, 0.2) is 24.3 Å². The summed E-state index contributed by atoms with van der Waals surface area (Å²) in [4.78, 5) is 26.0. The number of hydrogen-bond donors (Lipinski definition) is 0. The Kier molecular flexibility index (Phi) is 5.58. The van der Waals surface area contributed by atoms with Crippen molar-refractivity contribution in [2.45, 2.75) is 46.0 Å². The second-order valence-corrected chi connectivity index (χ2v) is 6.15. The van der Waals surface area contributed by atoms with Crippen LogP contribution in [-0.4, -0.2) is 29.9 Å². The van der Waals surface area contributed by atoms with E-state index in [-0.39, 0.29) is 17.8 Å². The van der Waals surface area contributed by atoms with Gasteiger partial charge in [-0.05, 0) is 30.4 Å². The molecule has 22 heavy (non-hydrogen) atoms. The van der Waals surface area contributed by atoms with Gasteiger partial charge in [0.15, 0.2) is 0 Å². The Morgan fingerprint density at radius 3 is 2.73 bits per heavy atom. The summed E-state index contributed by atoms with van der Waals surface area (Å²) in [5, 5.41) is 0. The van der Waals surface area contributed by atoms with Crippen LogP contribution in [0.2, 0.25) is 0 Å². The second kappa shape index (κ2) is 7.43. The summed E-state index contributed by atoms with van der Waals surface area (Å²) in [6.45, 7) is 7.24. The molecule has 120 valence electrons. The van der Waals surface area contributed by atoms with E-state index in [9.17, 15) is 9.59 Å². The SMILES string of the molecule is CCC(=O)N1CCCC(C(=O)Oc2ccccc2C(C)C)C1. The first-order valence-corrected chi connectivity index (χ1v) is 8.11. The molecule has 1 aliphatic rings. The summed E-state index contributed by atoms with van der Waals surface area (Å²) in [6, 6.07) is 7.66. The minimum absolute atomic E-state index is 0.111. The molecule has 1 aromatic rings. The lowest BCUT2D eigenvalue weighted by atomic mass is 9.97. The number of ether oxygens (including phenoxy) is 1. The van der Waals surface area contributed by atoms with E-state index in [1.165, 1.54) is 0 Å². The van der Waals surface area contributed by atoms with E-state index in [1.807, 2.05) is 31.2 Å². The minimum Gasteiger partial charge on any atom is -0.426 e. The summed E-state index contributed by atoms with van der Waals surface area (Å²) in [6.07, 6.45) is 2.13. The van der Waals surface area contributed by atoms with Crippen molar-refractivity contribution in [3.05, 3.63) is 29.8 Å². The molecule has 1 unspecified atom stereocenters. The van der Waals surface area contributed by atoms with Gasteiger partial charge < -0.3 is 9.64 Å². The first-order chi connectivity index (χ1) is 10.5. The van der Waals surface area contributed by atoms with Crippen molar-refractivity contribution in [3.8, 4) is 5.75 Å². The maximum absolute atomic E-state index is 12.4. The molecule has 1 saturated heterocycles. The summed E-state index contributed by atoms with van der Waals surface area (Å²) in [7, 11) is 0. The van der Waals surface area contributed by atoms with Gasteiger partial charge in [-0.3, -0.25) is 9.59 Å². The van der Waals surface area contributed by atoms with Gasteiger partial charge in [0.1, 0.15) is 5.75 Å². The van der Waals surface area contributed by atoms with Crippen LogP contribution >= 0.6 is 0 Å². The van der Waals surface area contributed by atoms with Gasteiger partial charge in [-0.1, -0.05) is 39.0 Å². The normalized spacial score (nSPS) is 18.4.